The summed E-state index contributed by atoms with van der Waals surface area (Å²) in [5.41, 5.74) is 0.204. The molecule has 2 unspecified atom stereocenters. The van der Waals surface area contributed by atoms with Gasteiger partial charge in [0.05, 0.1) is 0 Å². The lowest BCUT2D eigenvalue weighted by molar-refractivity contribution is 0.0690. The number of nitrogens with zero attached hydrogens (tertiary/aromatic N) is 2. The number of piperidine rings is 1. The largest absolute Gasteiger partial charge is 0.476 e. The molecule has 1 aliphatic rings. The van der Waals surface area contributed by atoms with Gasteiger partial charge >= 0.3 is 5.97 Å². The first-order chi connectivity index (χ1) is 8.00. The Morgan fingerprint density at radius 3 is 2.82 bits per heavy atom. The van der Waals surface area contributed by atoms with Gasteiger partial charge in [-0.05, 0) is 32.6 Å². The van der Waals surface area contributed by atoms with Crippen LogP contribution in [0.25, 0.3) is 0 Å². The molecule has 4 nitrogen and oxygen atoms in total. The molecule has 0 spiro atoms. The Morgan fingerprint density at radius 1 is 1.53 bits per heavy atom. The van der Waals surface area contributed by atoms with Crippen LogP contribution in [-0.2, 0) is 0 Å². The van der Waals surface area contributed by atoms with Crippen molar-refractivity contribution in [2.24, 2.45) is 5.92 Å². The van der Waals surface area contributed by atoms with Crippen LogP contribution in [0.2, 0.25) is 0 Å². The Bertz CT molecular complexity index is 430. The molecule has 1 N–H and O–H groups in total. The van der Waals surface area contributed by atoms with Crippen molar-refractivity contribution in [3.8, 4) is 0 Å². The highest BCUT2D eigenvalue weighted by molar-refractivity contribution is 7.15. The number of carboxylic acid groups (broad SMARTS) is 1. The molecule has 1 aromatic rings. The van der Waals surface area contributed by atoms with Crippen LogP contribution < -0.4 is 4.90 Å². The van der Waals surface area contributed by atoms with E-state index in [1.165, 1.54) is 17.8 Å². The zero-order chi connectivity index (χ0) is 12.6. The number of hydrogen-bond acceptors (Lipinski definition) is 4. The minimum Gasteiger partial charge on any atom is -0.476 e. The van der Waals surface area contributed by atoms with Crippen LogP contribution in [0, 0.1) is 12.8 Å². The molecule has 1 aliphatic heterocycles. The highest BCUT2D eigenvalue weighted by Crippen LogP contribution is 2.32. The maximum Gasteiger partial charge on any atom is 0.355 e. The van der Waals surface area contributed by atoms with Crippen molar-refractivity contribution in [1.29, 1.82) is 0 Å². The first kappa shape index (κ1) is 12.4. The van der Waals surface area contributed by atoms with Gasteiger partial charge in [0, 0.05) is 17.5 Å². The van der Waals surface area contributed by atoms with E-state index in [0.717, 1.165) is 23.0 Å². The van der Waals surface area contributed by atoms with Crippen molar-refractivity contribution in [2.75, 3.05) is 11.4 Å². The second-order valence-corrected chi connectivity index (χ2v) is 5.94. The highest BCUT2D eigenvalue weighted by Gasteiger charge is 2.28. The van der Waals surface area contributed by atoms with Gasteiger partial charge in [0.2, 0.25) is 0 Å². The van der Waals surface area contributed by atoms with Crippen LogP contribution in [0.4, 0.5) is 5.13 Å². The summed E-state index contributed by atoms with van der Waals surface area (Å²) >= 11 is 1.49. The fourth-order valence-corrected chi connectivity index (χ4v) is 3.32. The number of hydrogen-bond donors (Lipinski definition) is 1. The lowest BCUT2D eigenvalue weighted by Crippen LogP contribution is -2.42. The maximum atomic E-state index is 11.0. The minimum absolute atomic E-state index is 0.204. The summed E-state index contributed by atoms with van der Waals surface area (Å²) in [6.45, 7) is 7.25. The molecule has 94 valence electrons. The Morgan fingerprint density at radius 2 is 2.24 bits per heavy atom. The Hall–Kier alpha value is -1.10. The lowest BCUT2D eigenvalue weighted by atomic mass is 9.93. The highest BCUT2D eigenvalue weighted by atomic mass is 32.1. The fourth-order valence-electron chi connectivity index (χ4n) is 2.31. The fraction of sp³-hybridized carbons (Fsp3) is 0.667. The number of thiazole rings is 1. The average Bonchev–Trinajstić information content (AvgIpc) is 2.64. The van der Waals surface area contributed by atoms with Crippen LogP contribution in [0.15, 0.2) is 0 Å². The quantitative estimate of drug-likeness (QED) is 0.881. The van der Waals surface area contributed by atoms with Gasteiger partial charge in [-0.25, -0.2) is 9.78 Å². The van der Waals surface area contributed by atoms with Crippen molar-refractivity contribution in [3.63, 3.8) is 0 Å². The summed E-state index contributed by atoms with van der Waals surface area (Å²) in [5, 5.41) is 9.88. The minimum atomic E-state index is -0.928. The topological polar surface area (TPSA) is 53.4 Å². The monoisotopic (exact) mass is 254 g/mol. The van der Waals surface area contributed by atoms with E-state index < -0.39 is 5.97 Å². The van der Waals surface area contributed by atoms with E-state index in [2.05, 4.69) is 23.7 Å². The number of aromatic carboxylic acids is 1. The van der Waals surface area contributed by atoms with Gasteiger partial charge in [0.15, 0.2) is 10.8 Å². The third-order valence-electron chi connectivity index (χ3n) is 3.61. The van der Waals surface area contributed by atoms with Crippen LogP contribution >= 0.6 is 11.3 Å². The molecule has 0 saturated carbocycles. The molecule has 1 saturated heterocycles. The molecular formula is C12H18N2O2S. The second kappa shape index (κ2) is 4.64. The van der Waals surface area contributed by atoms with Gasteiger partial charge in [0.1, 0.15) is 0 Å². The number of carbonyl (C=O) groups is 1. The van der Waals surface area contributed by atoms with Crippen LogP contribution in [0.5, 0.6) is 0 Å². The number of anilines is 1. The summed E-state index contributed by atoms with van der Waals surface area (Å²) in [5.74, 6) is -0.288. The summed E-state index contributed by atoms with van der Waals surface area (Å²) in [4.78, 5) is 18.3. The normalized spacial score (nSPS) is 25.0. The van der Waals surface area contributed by atoms with Crippen LogP contribution in [-0.4, -0.2) is 28.6 Å². The smallest absolute Gasteiger partial charge is 0.355 e. The Balaban J connectivity index is 2.27. The molecular weight excluding hydrogens is 236 g/mol. The van der Waals surface area contributed by atoms with E-state index in [4.69, 9.17) is 5.11 Å². The molecule has 2 rings (SSSR count). The number of rotatable bonds is 2. The SMILES string of the molecule is Cc1sc(N2CCCC(C)C2C)nc1C(=O)O. The number of aromatic nitrogens is 1. The first-order valence-corrected chi connectivity index (χ1v) is 6.79. The van der Waals surface area contributed by atoms with Crippen LogP contribution in [0.1, 0.15) is 42.1 Å². The third-order valence-corrected chi connectivity index (χ3v) is 4.62. The number of carboxylic acids is 1. The van der Waals surface area contributed by atoms with Crippen molar-refractivity contribution in [3.05, 3.63) is 10.6 Å². The summed E-state index contributed by atoms with van der Waals surface area (Å²) in [7, 11) is 0. The van der Waals surface area contributed by atoms with E-state index in [1.54, 1.807) is 0 Å². The van der Waals surface area contributed by atoms with E-state index in [-0.39, 0.29) is 5.69 Å². The molecule has 0 aliphatic carbocycles. The van der Waals surface area contributed by atoms with Crippen molar-refractivity contribution >= 4 is 22.4 Å². The molecule has 1 aromatic heterocycles. The van der Waals surface area contributed by atoms with Crippen molar-refractivity contribution in [2.45, 2.75) is 39.7 Å². The van der Waals surface area contributed by atoms with Crippen molar-refractivity contribution in [1.82, 2.24) is 4.98 Å². The molecule has 0 bridgehead atoms. The third kappa shape index (κ3) is 2.29. The number of aryl methyl sites for hydroxylation is 1. The molecule has 0 aromatic carbocycles. The van der Waals surface area contributed by atoms with Gasteiger partial charge in [-0.15, -0.1) is 11.3 Å². The zero-order valence-corrected chi connectivity index (χ0v) is 11.3. The van der Waals surface area contributed by atoms with Gasteiger partial charge in [-0.1, -0.05) is 6.92 Å². The van der Waals surface area contributed by atoms with E-state index in [9.17, 15) is 4.79 Å². The van der Waals surface area contributed by atoms with Gasteiger partial charge in [-0.3, -0.25) is 0 Å². The zero-order valence-electron chi connectivity index (χ0n) is 10.4. The van der Waals surface area contributed by atoms with Gasteiger partial charge in [-0.2, -0.15) is 0 Å². The second-order valence-electron chi connectivity index (χ2n) is 4.76. The lowest BCUT2D eigenvalue weighted by Gasteiger charge is -2.37. The van der Waals surface area contributed by atoms with Gasteiger partial charge < -0.3 is 10.0 Å². The van der Waals surface area contributed by atoms with E-state index >= 15 is 0 Å². The summed E-state index contributed by atoms with van der Waals surface area (Å²) in [6.07, 6.45) is 2.40. The van der Waals surface area contributed by atoms with E-state index in [1.807, 2.05) is 6.92 Å². The van der Waals surface area contributed by atoms with Gasteiger partial charge in [0.25, 0.3) is 0 Å². The molecule has 1 fully saturated rings. The van der Waals surface area contributed by atoms with E-state index in [0.29, 0.717) is 12.0 Å². The molecule has 5 heteroatoms. The van der Waals surface area contributed by atoms with Crippen molar-refractivity contribution < 1.29 is 9.90 Å². The molecule has 17 heavy (non-hydrogen) atoms. The molecule has 0 amide bonds. The average molecular weight is 254 g/mol. The maximum absolute atomic E-state index is 11.0. The Kier molecular flexibility index (Phi) is 3.38. The predicted octanol–water partition coefficient (Wildman–Crippen LogP) is 2.77. The van der Waals surface area contributed by atoms with Crippen LogP contribution in [0.3, 0.4) is 0 Å². The first-order valence-electron chi connectivity index (χ1n) is 5.98. The molecule has 0 radical (unpaired) electrons. The molecule has 2 atom stereocenters. The standard InChI is InChI=1S/C12H18N2O2S/c1-7-5-4-6-14(8(7)2)12-13-10(11(15)16)9(3)17-12/h7-8H,4-6H2,1-3H3,(H,15,16). The summed E-state index contributed by atoms with van der Waals surface area (Å²) < 4.78 is 0. The molecule has 2 heterocycles. The Labute approximate surface area is 105 Å². The predicted molar refractivity (Wildman–Crippen MR) is 69.0 cm³/mol. The summed E-state index contributed by atoms with van der Waals surface area (Å²) in [6, 6.07) is 0.441.